The van der Waals surface area contributed by atoms with Gasteiger partial charge >= 0.3 is 0 Å². The van der Waals surface area contributed by atoms with Crippen molar-refractivity contribution in [1.29, 1.82) is 0 Å². The van der Waals surface area contributed by atoms with Crippen LogP contribution < -0.4 is 10.1 Å². The molecule has 4 rings (SSSR count). The van der Waals surface area contributed by atoms with Crippen molar-refractivity contribution in [3.05, 3.63) is 66.0 Å². The van der Waals surface area contributed by atoms with Crippen molar-refractivity contribution in [2.24, 2.45) is 0 Å². The van der Waals surface area contributed by atoms with Gasteiger partial charge in [-0.05, 0) is 36.8 Å². The third-order valence-corrected chi connectivity index (χ3v) is 4.21. The lowest BCUT2D eigenvalue weighted by Crippen LogP contribution is -2.13. The van der Waals surface area contributed by atoms with Crippen molar-refractivity contribution in [2.45, 2.75) is 6.92 Å². The van der Waals surface area contributed by atoms with Gasteiger partial charge in [0.15, 0.2) is 0 Å². The highest BCUT2D eigenvalue weighted by atomic mass is 16.5. The topological polar surface area (TPSA) is 67.0 Å². The van der Waals surface area contributed by atoms with Gasteiger partial charge in [-0.1, -0.05) is 24.3 Å². The molecular weight excluding hydrogens is 314 g/mol. The Bertz CT molecular complexity index is 1100. The molecule has 2 aromatic carbocycles. The number of nitrogens with zero attached hydrogens (tertiary/aromatic N) is 1. The van der Waals surface area contributed by atoms with Crippen LogP contribution in [-0.2, 0) is 0 Å². The van der Waals surface area contributed by atoms with Crippen LogP contribution in [0.3, 0.4) is 0 Å². The summed E-state index contributed by atoms with van der Waals surface area (Å²) in [7, 11) is 1.58. The average Bonchev–Trinajstić information content (AvgIpc) is 3.07. The van der Waals surface area contributed by atoms with Crippen molar-refractivity contribution < 1.29 is 9.53 Å². The summed E-state index contributed by atoms with van der Waals surface area (Å²) in [5.74, 6) is 0.409. The largest absolute Gasteiger partial charge is 0.495 e. The van der Waals surface area contributed by atoms with Gasteiger partial charge in [0.05, 0.1) is 23.8 Å². The molecule has 0 atom stereocenters. The average molecular weight is 331 g/mol. The van der Waals surface area contributed by atoms with Crippen LogP contribution >= 0.6 is 0 Å². The lowest BCUT2D eigenvalue weighted by Gasteiger charge is -2.10. The molecule has 0 unspecified atom stereocenters. The zero-order valence-electron chi connectivity index (χ0n) is 14.0. The summed E-state index contributed by atoms with van der Waals surface area (Å²) in [6.45, 7) is 1.97. The van der Waals surface area contributed by atoms with Gasteiger partial charge in [-0.15, -0.1) is 0 Å². The Morgan fingerprint density at radius 3 is 2.80 bits per heavy atom. The highest BCUT2D eigenvalue weighted by Crippen LogP contribution is 2.27. The summed E-state index contributed by atoms with van der Waals surface area (Å²) >= 11 is 0. The molecule has 0 aliphatic carbocycles. The SMILES string of the molecule is COc1ccc(C)cc1NC(=O)c1cc2ccc3cccnc3c2[nH]1. The molecule has 2 heterocycles. The van der Waals surface area contributed by atoms with Gasteiger partial charge < -0.3 is 15.0 Å². The third kappa shape index (κ3) is 2.70. The number of rotatable bonds is 3. The number of amides is 1. The van der Waals surface area contributed by atoms with Crippen molar-refractivity contribution in [3.8, 4) is 5.75 Å². The molecule has 2 N–H and O–H groups in total. The molecule has 0 fully saturated rings. The minimum Gasteiger partial charge on any atom is -0.495 e. The molecule has 0 aliphatic heterocycles. The number of aryl methyl sites for hydroxylation is 1. The van der Waals surface area contributed by atoms with Crippen molar-refractivity contribution in [1.82, 2.24) is 9.97 Å². The highest BCUT2D eigenvalue weighted by Gasteiger charge is 2.14. The number of carbonyl (C=O) groups excluding carboxylic acids is 1. The number of methoxy groups -OCH3 is 1. The number of aromatic amines is 1. The minimum absolute atomic E-state index is 0.218. The number of hydrogen-bond acceptors (Lipinski definition) is 3. The second kappa shape index (κ2) is 5.94. The second-order valence-corrected chi connectivity index (χ2v) is 5.95. The number of nitrogens with one attached hydrogen (secondary N) is 2. The quantitative estimate of drug-likeness (QED) is 0.588. The van der Waals surface area contributed by atoms with E-state index in [1.165, 1.54) is 0 Å². The lowest BCUT2D eigenvalue weighted by atomic mass is 10.1. The molecule has 2 aromatic heterocycles. The van der Waals surface area contributed by atoms with Gasteiger partial charge in [0.2, 0.25) is 0 Å². The predicted molar refractivity (Wildman–Crippen MR) is 99.3 cm³/mol. The van der Waals surface area contributed by atoms with E-state index in [0.29, 0.717) is 17.1 Å². The van der Waals surface area contributed by atoms with E-state index >= 15 is 0 Å². The summed E-state index contributed by atoms with van der Waals surface area (Å²) in [5.41, 5.74) is 3.89. The normalized spacial score (nSPS) is 11.0. The van der Waals surface area contributed by atoms with Crippen LogP contribution in [0, 0.1) is 6.92 Å². The molecule has 5 nitrogen and oxygen atoms in total. The van der Waals surface area contributed by atoms with Gasteiger partial charge in [-0.3, -0.25) is 9.78 Å². The zero-order chi connectivity index (χ0) is 17.4. The summed E-state index contributed by atoms with van der Waals surface area (Å²) in [6, 6.07) is 15.4. The molecule has 1 amide bonds. The summed E-state index contributed by atoms with van der Waals surface area (Å²) < 4.78 is 5.32. The maximum Gasteiger partial charge on any atom is 0.272 e. The minimum atomic E-state index is -0.218. The highest BCUT2D eigenvalue weighted by molar-refractivity contribution is 6.10. The molecule has 0 bridgehead atoms. The first kappa shape index (κ1) is 15.2. The van der Waals surface area contributed by atoms with E-state index in [1.807, 2.05) is 55.5 Å². The number of H-pyrrole nitrogens is 1. The van der Waals surface area contributed by atoms with Gasteiger partial charge in [-0.2, -0.15) is 0 Å². The third-order valence-electron chi connectivity index (χ3n) is 4.21. The zero-order valence-corrected chi connectivity index (χ0v) is 14.0. The van der Waals surface area contributed by atoms with Crippen LogP contribution in [0.15, 0.2) is 54.7 Å². The van der Waals surface area contributed by atoms with Crippen LogP contribution in [0.5, 0.6) is 5.75 Å². The number of anilines is 1. The Balaban J connectivity index is 1.73. The Kier molecular flexibility index (Phi) is 3.61. The van der Waals surface area contributed by atoms with E-state index < -0.39 is 0 Å². The number of benzene rings is 2. The Morgan fingerprint density at radius 1 is 1.12 bits per heavy atom. The van der Waals surface area contributed by atoms with Crippen LogP contribution in [0.25, 0.3) is 21.8 Å². The fourth-order valence-electron chi connectivity index (χ4n) is 2.97. The van der Waals surface area contributed by atoms with Crippen LogP contribution in [0.1, 0.15) is 16.1 Å². The van der Waals surface area contributed by atoms with Crippen molar-refractivity contribution >= 4 is 33.4 Å². The first-order valence-corrected chi connectivity index (χ1v) is 7.98. The van der Waals surface area contributed by atoms with Crippen molar-refractivity contribution in [3.63, 3.8) is 0 Å². The number of aromatic nitrogens is 2. The molecule has 0 saturated heterocycles. The van der Waals surface area contributed by atoms with Gasteiger partial charge in [0.25, 0.3) is 5.91 Å². The number of ether oxygens (including phenoxy) is 1. The molecule has 4 aromatic rings. The lowest BCUT2D eigenvalue weighted by molar-refractivity contribution is 0.102. The first-order chi connectivity index (χ1) is 12.2. The van der Waals surface area contributed by atoms with Gasteiger partial charge in [-0.25, -0.2) is 0 Å². The van der Waals surface area contributed by atoms with E-state index in [4.69, 9.17) is 4.74 Å². The Labute approximate surface area is 144 Å². The molecule has 5 heteroatoms. The van der Waals surface area contributed by atoms with Crippen LogP contribution in [0.2, 0.25) is 0 Å². The van der Waals surface area contributed by atoms with Crippen LogP contribution in [0.4, 0.5) is 5.69 Å². The Morgan fingerprint density at radius 2 is 1.96 bits per heavy atom. The molecule has 0 radical (unpaired) electrons. The fraction of sp³-hybridized carbons (Fsp3) is 0.100. The van der Waals surface area contributed by atoms with E-state index in [0.717, 1.165) is 27.4 Å². The van der Waals surface area contributed by atoms with Gasteiger partial charge in [0, 0.05) is 17.0 Å². The van der Waals surface area contributed by atoms with E-state index in [9.17, 15) is 4.79 Å². The smallest absolute Gasteiger partial charge is 0.272 e. The number of carbonyl (C=O) groups is 1. The van der Waals surface area contributed by atoms with Gasteiger partial charge in [0.1, 0.15) is 11.4 Å². The fourth-order valence-corrected chi connectivity index (χ4v) is 2.97. The molecule has 25 heavy (non-hydrogen) atoms. The maximum atomic E-state index is 12.7. The first-order valence-electron chi connectivity index (χ1n) is 7.98. The van der Waals surface area contributed by atoms with E-state index in [1.54, 1.807) is 13.3 Å². The molecule has 124 valence electrons. The molecule has 0 aliphatic rings. The van der Waals surface area contributed by atoms with Crippen molar-refractivity contribution in [2.75, 3.05) is 12.4 Å². The molecule has 0 saturated carbocycles. The molecular formula is C20H17N3O2. The predicted octanol–water partition coefficient (Wildman–Crippen LogP) is 4.29. The summed E-state index contributed by atoms with van der Waals surface area (Å²) in [6.07, 6.45) is 1.75. The number of fused-ring (bicyclic) bond motifs is 3. The summed E-state index contributed by atoms with van der Waals surface area (Å²) in [4.78, 5) is 20.3. The standard InChI is InChI=1S/C20H17N3O2/c1-12-5-8-17(25-2)15(10-12)23-20(24)16-11-14-7-6-13-4-3-9-21-18(13)19(14)22-16/h3-11,22H,1-2H3,(H,23,24). The van der Waals surface area contributed by atoms with E-state index in [2.05, 4.69) is 15.3 Å². The molecule has 0 spiro atoms. The van der Waals surface area contributed by atoms with E-state index in [-0.39, 0.29) is 5.91 Å². The number of pyridine rings is 1. The maximum absolute atomic E-state index is 12.7. The second-order valence-electron chi connectivity index (χ2n) is 5.95. The number of hydrogen-bond donors (Lipinski definition) is 2. The Hall–Kier alpha value is -3.34. The summed E-state index contributed by atoms with van der Waals surface area (Å²) in [5, 5.41) is 4.90. The monoisotopic (exact) mass is 331 g/mol. The van der Waals surface area contributed by atoms with Crippen LogP contribution in [-0.4, -0.2) is 23.0 Å².